The van der Waals surface area contributed by atoms with E-state index in [1.54, 1.807) is 13.1 Å². The summed E-state index contributed by atoms with van der Waals surface area (Å²) in [5, 5.41) is 2.25. The molecule has 0 fully saturated rings. The highest BCUT2D eigenvalue weighted by Crippen LogP contribution is 2.17. The predicted octanol–water partition coefficient (Wildman–Crippen LogP) is 2.10. The molecule has 0 radical (unpaired) electrons. The van der Waals surface area contributed by atoms with Crippen molar-refractivity contribution in [1.82, 2.24) is 10.3 Å². The number of aryl methyl sites for hydroxylation is 1. The van der Waals surface area contributed by atoms with Crippen molar-refractivity contribution in [3.8, 4) is 0 Å². The first-order valence-electron chi connectivity index (χ1n) is 4.64. The molecular formula is C10H14F2N2O. The van der Waals surface area contributed by atoms with Gasteiger partial charge in [-0.15, -0.1) is 0 Å². The van der Waals surface area contributed by atoms with Crippen molar-refractivity contribution < 1.29 is 13.6 Å². The van der Waals surface area contributed by atoms with Crippen molar-refractivity contribution in [3.05, 3.63) is 23.5 Å². The largest absolute Gasteiger partial charge is 0.367 e. The lowest BCUT2D eigenvalue weighted by molar-refractivity contribution is -0.0108. The summed E-state index contributed by atoms with van der Waals surface area (Å²) in [5.41, 5.74) is 1.13. The highest BCUT2D eigenvalue weighted by Gasteiger charge is 2.31. The molecule has 15 heavy (non-hydrogen) atoms. The molecule has 3 nitrogen and oxygen atoms in total. The Morgan fingerprint density at radius 1 is 1.53 bits per heavy atom. The van der Waals surface area contributed by atoms with E-state index in [1.165, 1.54) is 13.1 Å². The molecule has 0 aromatic carbocycles. The van der Waals surface area contributed by atoms with E-state index in [2.05, 4.69) is 10.3 Å². The molecule has 0 aliphatic carbocycles. The number of hydrogen-bond acceptors (Lipinski definition) is 1. The van der Waals surface area contributed by atoms with Crippen molar-refractivity contribution in [2.24, 2.45) is 0 Å². The monoisotopic (exact) mass is 216 g/mol. The van der Waals surface area contributed by atoms with Crippen LogP contribution in [0, 0.1) is 6.92 Å². The van der Waals surface area contributed by atoms with Gasteiger partial charge >= 0.3 is 0 Å². The number of rotatable bonds is 3. The van der Waals surface area contributed by atoms with Crippen molar-refractivity contribution in [3.63, 3.8) is 0 Å². The van der Waals surface area contributed by atoms with Gasteiger partial charge in [-0.3, -0.25) is 4.79 Å². The van der Waals surface area contributed by atoms with E-state index >= 15 is 0 Å². The summed E-state index contributed by atoms with van der Waals surface area (Å²) in [5.74, 6) is -3.40. The molecule has 0 spiro atoms. The van der Waals surface area contributed by atoms with Gasteiger partial charge in [-0.2, -0.15) is 0 Å². The zero-order valence-corrected chi connectivity index (χ0v) is 8.90. The third kappa shape index (κ3) is 2.78. The molecule has 1 aromatic rings. The number of carbonyl (C=O) groups is 1. The molecule has 1 heterocycles. The molecule has 5 heteroatoms. The molecule has 1 unspecified atom stereocenters. The Balaban J connectivity index is 2.69. The van der Waals surface area contributed by atoms with E-state index < -0.39 is 17.9 Å². The van der Waals surface area contributed by atoms with Crippen LogP contribution in [-0.2, 0) is 0 Å². The molecule has 0 bridgehead atoms. The van der Waals surface area contributed by atoms with E-state index in [0.29, 0.717) is 5.56 Å². The number of H-pyrrole nitrogens is 1. The van der Waals surface area contributed by atoms with Crippen LogP contribution in [0.3, 0.4) is 0 Å². The number of amides is 1. The fraction of sp³-hybridized carbons (Fsp3) is 0.500. The topological polar surface area (TPSA) is 44.9 Å². The van der Waals surface area contributed by atoms with E-state index in [4.69, 9.17) is 0 Å². The highest BCUT2D eigenvalue weighted by molar-refractivity contribution is 5.95. The van der Waals surface area contributed by atoms with Gasteiger partial charge in [0, 0.05) is 19.3 Å². The Labute approximate surface area is 86.9 Å². The summed E-state index contributed by atoms with van der Waals surface area (Å²) in [6.07, 6.45) is 3.13. The van der Waals surface area contributed by atoms with Crippen LogP contribution in [0.25, 0.3) is 0 Å². The Bertz CT molecular complexity index is 355. The highest BCUT2D eigenvalue weighted by atomic mass is 19.3. The molecule has 1 rings (SSSR count). The maximum Gasteiger partial charge on any atom is 0.264 e. The zero-order valence-electron chi connectivity index (χ0n) is 8.90. The normalized spacial score (nSPS) is 13.7. The Kier molecular flexibility index (Phi) is 3.12. The average molecular weight is 216 g/mol. The van der Waals surface area contributed by atoms with Crippen LogP contribution in [0.2, 0.25) is 0 Å². The van der Waals surface area contributed by atoms with Gasteiger partial charge in [0.05, 0.1) is 11.6 Å². The van der Waals surface area contributed by atoms with Crippen LogP contribution in [0.1, 0.15) is 29.8 Å². The van der Waals surface area contributed by atoms with E-state index in [9.17, 15) is 13.6 Å². The van der Waals surface area contributed by atoms with Crippen LogP contribution in [-0.4, -0.2) is 22.9 Å². The standard InChI is InChI=1S/C10H14F2N2O/c1-6-4-13-5-8(6)9(15)14-7(2)10(3,11)12/h4-5,7,13H,1-3H3,(H,14,15). The van der Waals surface area contributed by atoms with Crippen LogP contribution < -0.4 is 5.32 Å². The van der Waals surface area contributed by atoms with Crippen LogP contribution in [0.15, 0.2) is 12.4 Å². The van der Waals surface area contributed by atoms with Gasteiger partial charge in [-0.25, -0.2) is 8.78 Å². The molecule has 1 atom stereocenters. The minimum Gasteiger partial charge on any atom is -0.367 e. The summed E-state index contributed by atoms with van der Waals surface area (Å²) in [6, 6.07) is -1.18. The minimum absolute atomic E-state index is 0.395. The second kappa shape index (κ2) is 4.00. The number of halogens is 2. The maximum absolute atomic E-state index is 12.8. The Morgan fingerprint density at radius 2 is 2.13 bits per heavy atom. The molecule has 0 saturated carbocycles. The SMILES string of the molecule is Cc1c[nH]cc1C(=O)NC(C)C(C)(F)F. The van der Waals surface area contributed by atoms with E-state index in [1.807, 2.05) is 0 Å². The van der Waals surface area contributed by atoms with Gasteiger partial charge in [0.1, 0.15) is 0 Å². The number of nitrogens with one attached hydrogen (secondary N) is 2. The summed E-state index contributed by atoms with van der Waals surface area (Å²) in [4.78, 5) is 14.3. The van der Waals surface area contributed by atoms with Crippen LogP contribution in [0.4, 0.5) is 8.78 Å². The van der Waals surface area contributed by atoms with Crippen molar-refractivity contribution in [2.45, 2.75) is 32.7 Å². The molecule has 0 saturated heterocycles. The summed E-state index contributed by atoms with van der Waals surface area (Å²) < 4.78 is 25.6. The van der Waals surface area contributed by atoms with Crippen molar-refractivity contribution in [2.75, 3.05) is 0 Å². The second-order valence-electron chi connectivity index (χ2n) is 3.70. The lowest BCUT2D eigenvalue weighted by Gasteiger charge is -2.20. The number of alkyl halides is 2. The molecule has 0 aliphatic heterocycles. The lowest BCUT2D eigenvalue weighted by Crippen LogP contribution is -2.43. The fourth-order valence-corrected chi connectivity index (χ4v) is 1.09. The number of aromatic nitrogens is 1. The third-order valence-corrected chi connectivity index (χ3v) is 2.30. The van der Waals surface area contributed by atoms with Crippen LogP contribution >= 0.6 is 0 Å². The first kappa shape index (κ1) is 11.7. The van der Waals surface area contributed by atoms with Gasteiger partial charge in [0.2, 0.25) is 0 Å². The average Bonchev–Trinajstić information content (AvgIpc) is 2.49. The summed E-state index contributed by atoms with van der Waals surface area (Å²) >= 11 is 0. The maximum atomic E-state index is 12.8. The first-order valence-corrected chi connectivity index (χ1v) is 4.64. The third-order valence-electron chi connectivity index (χ3n) is 2.30. The van der Waals surface area contributed by atoms with Crippen molar-refractivity contribution in [1.29, 1.82) is 0 Å². The number of aromatic amines is 1. The molecule has 2 N–H and O–H groups in total. The summed E-state index contributed by atoms with van der Waals surface area (Å²) in [6.45, 7) is 3.79. The van der Waals surface area contributed by atoms with E-state index in [-0.39, 0.29) is 0 Å². The molecular weight excluding hydrogens is 202 g/mol. The van der Waals surface area contributed by atoms with Gasteiger partial charge in [-0.05, 0) is 19.4 Å². The summed E-state index contributed by atoms with van der Waals surface area (Å²) in [7, 11) is 0. The molecule has 1 aromatic heterocycles. The van der Waals surface area contributed by atoms with Gasteiger partial charge in [-0.1, -0.05) is 0 Å². The van der Waals surface area contributed by atoms with Gasteiger partial charge in [0.15, 0.2) is 0 Å². The molecule has 0 aliphatic rings. The quantitative estimate of drug-likeness (QED) is 0.798. The smallest absolute Gasteiger partial charge is 0.264 e. The van der Waals surface area contributed by atoms with E-state index in [0.717, 1.165) is 12.5 Å². The molecule has 1 amide bonds. The fourth-order valence-electron chi connectivity index (χ4n) is 1.09. The number of hydrogen-bond donors (Lipinski definition) is 2. The van der Waals surface area contributed by atoms with Crippen molar-refractivity contribution >= 4 is 5.91 Å². The zero-order chi connectivity index (χ0) is 11.6. The Hall–Kier alpha value is -1.39. The number of carbonyl (C=O) groups excluding carboxylic acids is 1. The first-order chi connectivity index (χ1) is 6.82. The lowest BCUT2D eigenvalue weighted by atomic mass is 10.1. The Morgan fingerprint density at radius 3 is 2.53 bits per heavy atom. The van der Waals surface area contributed by atoms with Gasteiger partial charge < -0.3 is 10.3 Å². The second-order valence-corrected chi connectivity index (χ2v) is 3.70. The van der Waals surface area contributed by atoms with Gasteiger partial charge in [0.25, 0.3) is 11.8 Å². The minimum atomic E-state index is -2.92. The molecule has 84 valence electrons. The predicted molar refractivity (Wildman–Crippen MR) is 53.1 cm³/mol. The van der Waals surface area contributed by atoms with Crippen LogP contribution in [0.5, 0.6) is 0 Å².